The molecule has 0 aromatic carbocycles. The number of nitrogen functional groups attached to an aromatic ring is 1. The maximum atomic E-state index is 5.70. The highest BCUT2D eigenvalue weighted by atomic mass is 15.3. The van der Waals surface area contributed by atoms with Crippen molar-refractivity contribution >= 4 is 5.82 Å². The molecule has 1 aromatic rings. The molecule has 4 heteroatoms. The summed E-state index contributed by atoms with van der Waals surface area (Å²) < 4.78 is 1.97. The topological polar surface area (TPSA) is 47.1 Å². The van der Waals surface area contributed by atoms with Gasteiger partial charge in [-0.3, -0.25) is 4.68 Å². The highest BCUT2D eigenvalue weighted by molar-refractivity contribution is 5.35. The van der Waals surface area contributed by atoms with Crippen LogP contribution < -0.4 is 5.73 Å². The molecule has 4 nitrogen and oxygen atoms in total. The van der Waals surface area contributed by atoms with Gasteiger partial charge >= 0.3 is 0 Å². The van der Waals surface area contributed by atoms with E-state index in [0.29, 0.717) is 11.9 Å². The summed E-state index contributed by atoms with van der Waals surface area (Å²) in [6.07, 6.45) is 4.60. The molecule has 1 aliphatic heterocycles. The van der Waals surface area contributed by atoms with Crippen LogP contribution in [0.2, 0.25) is 0 Å². The summed E-state index contributed by atoms with van der Waals surface area (Å²) in [6.45, 7) is 4.17. The lowest BCUT2D eigenvalue weighted by atomic mass is 10.2. The van der Waals surface area contributed by atoms with E-state index in [2.05, 4.69) is 17.0 Å². The van der Waals surface area contributed by atoms with E-state index in [1.165, 1.54) is 19.4 Å². The summed E-state index contributed by atoms with van der Waals surface area (Å²) in [6, 6.07) is 0.633. The number of nitrogens with zero attached hydrogens (tertiary/aromatic N) is 3. The fraction of sp³-hybridized carbons (Fsp3) is 0.700. The van der Waals surface area contributed by atoms with Gasteiger partial charge in [-0.15, -0.1) is 0 Å². The van der Waals surface area contributed by atoms with Crippen LogP contribution in [0.1, 0.15) is 18.4 Å². The second-order valence-electron chi connectivity index (χ2n) is 4.20. The Bertz CT molecular complexity index is 298. The summed E-state index contributed by atoms with van der Waals surface area (Å²) in [5, 5.41) is 4.28. The Morgan fingerprint density at radius 1 is 1.64 bits per heavy atom. The van der Waals surface area contributed by atoms with Crippen LogP contribution in [0, 0.1) is 6.92 Å². The van der Waals surface area contributed by atoms with E-state index in [0.717, 1.165) is 12.1 Å². The second-order valence-corrected chi connectivity index (χ2v) is 4.20. The summed E-state index contributed by atoms with van der Waals surface area (Å²) >= 11 is 0. The summed E-state index contributed by atoms with van der Waals surface area (Å²) in [7, 11) is 2.18. The fourth-order valence-electron chi connectivity index (χ4n) is 2.06. The fourth-order valence-corrected chi connectivity index (χ4v) is 2.06. The number of hydrogen-bond acceptors (Lipinski definition) is 3. The van der Waals surface area contributed by atoms with Gasteiger partial charge in [0.25, 0.3) is 0 Å². The van der Waals surface area contributed by atoms with Gasteiger partial charge in [-0.1, -0.05) is 0 Å². The molecule has 1 aliphatic rings. The van der Waals surface area contributed by atoms with E-state index < -0.39 is 0 Å². The molecule has 2 rings (SSSR count). The Hall–Kier alpha value is -1.03. The number of hydrogen-bond donors (Lipinski definition) is 1. The molecule has 0 aliphatic carbocycles. The number of rotatable bonds is 2. The first-order chi connectivity index (χ1) is 6.66. The maximum Gasteiger partial charge on any atom is 0.148 e. The molecule has 14 heavy (non-hydrogen) atoms. The van der Waals surface area contributed by atoms with Crippen molar-refractivity contribution < 1.29 is 0 Å². The summed E-state index contributed by atoms with van der Waals surface area (Å²) in [5.74, 6) is 0.658. The van der Waals surface area contributed by atoms with Gasteiger partial charge in [0.05, 0.1) is 6.54 Å². The van der Waals surface area contributed by atoms with Gasteiger partial charge in [0, 0.05) is 17.8 Å². The van der Waals surface area contributed by atoms with E-state index in [-0.39, 0.29) is 0 Å². The zero-order valence-electron chi connectivity index (χ0n) is 8.90. The van der Waals surface area contributed by atoms with Crippen molar-refractivity contribution in [2.24, 2.45) is 0 Å². The Morgan fingerprint density at radius 2 is 2.43 bits per heavy atom. The zero-order valence-corrected chi connectivity index (χ0v) is 8.90. The molecule has 1 aromatic heterocycles. The number of likely N-dealkylation sites (tertiary alicyclic amines) is 1. The number of aromatic nitrogens is 2. The van der Waals surface area contributed by atoms with Crippen LogP contribution in [0.3, 0.4) is 0 Å². The van der Waals surface area contributed by atoms with Crippen LogP contribution >= 0.6 is 0 Å². The van der Waals surface area contributed by atoms with E-state index in [1.807, 2.05) is 17.8 Å². The molecule has 0 spiro atoms. The lowest BCUT2D eigenvalue weighted by molar-refractivity contribution is 0.274. The number of nitrogens with two attached hydrogens (primary N) is 1. The third-order valence-electron chi connectivity index (χ3n) is 3.05. The molecule has 1 atom stereocenters. The molecule has 0 saturated carbocycles. The van der Waals surface area contributed by atoms with Crippen LogP contribution in [0.25, 0.3) is 0 Å². The SMILES string of the molecule is Cc1cn(CC2CCCN2C)nc1N. The number of aryl methyl sites for hydroxylation is 1. The molecule has 1 saturated heterocycles. The van der Waals surface area contributed by atoms with Crippen LogP contribution in [0.4, 0.5) is 5.82 Å². The number of likely N-dealkylation sites (N-methyl/N-ethyl adjacent to an activating group) is 1. The van der Waals surface area contributed by atoms with Crippen LogP contribution in [-0.2, 0) is 6.54 Å². The first-order valence-corrected chi connectivity index (χ1v) is 5.16. The molecule has 2 N–H and O–H groups in total. The highest BCUT2D eigenvalue weighted by Crippen LogP contribution is 2.17. The standard InChI is InChI=1S/C10H18N4/c1-8-6-14(12-10(8)11)7-9-4-3-5-13(9)2/h6,9H,3-5,7H2,1-2H3,(H2,11,12). The predicted octanol–water partition coefficient (Wildman–Crippen LogP) is 0.868. The summed E-state index contributed by atoms with van der Waals surface area (Å²) in [4.78, 5) is 2.40. The van der Waals surface area contributed by atoms with Gasteiger partial charge in [0.15, 0.2) is 0 Å². The predicted molar refractivity (Wildman–Crippen MR) is 57.0 cm³/mol. The van der Waals surface area contributed by atoms with Crippen LogP contribution in [0.5, 0.6) is 0 Å². The van der Waals surface area contributed by atoms with Gasteiger partial charge in [0.1, 0.15) is 5.82 Å². The van der Waals surface area contributed by atoms with Crippen molar-refractivity contribution in [3.8, 4) is 0 Å². The van der Waals surface area contributed by atoms with E-state index in [9.17, 15) is 0 Å². The lowest BCUT2D eigenvalue weighted by Gasteiger charge is -2.18. The normalized spacial score (nSPS) is 23.1. The van der Waals surface area contributed by atoms with Crippen molar-refractivity contribution in [1.82, 2.24) is 14.7 Å². The molecule has 1 fully saturated rings. The Balaban J connectivity index is 2.03. The van der Waals surface area contributed by atoms with Crippen molar-refractivity contribution in [1.29, 1.82) is 0 Å². The largest absolute Gasteiger partial charge is 0.382 e. The quantitative estimate of drug-likeness (QED) is 0.760. The van der Waals surface area contributed by atoms with Crippen molar-refractivity contribution in [2.75, 3.05) is 19.3 Å². The van der Waals surface area contributed by atoms with Crippen LogP contribution in [0.15, 0.2) is 6.20 Å². The van der Waals surface area contributed by atoms with Gasteiger partial charge in [-0.25, -0.2) is 0 Å². The smallest absolute Gasteiger partial charge is 0.148 e. The molecule has 2 heterocycles. The average Bonchev–Trinajstić information content (AvgIpc) is 2.63. The van der Waals surface area contributed by atoms with Crippen molar-refractivity contribution in [3.63, 3.8) is 0 Å². The molecular formula is C10H18N4. The minimum absolute atomic E-state index is 0.633. The Labute approximate surface area is 84.7 Å². The second kappa shape index (κ2) is 3.61. The Morgan fingerprint density at radius 3 is 2.93 bits per heavy atom. The first kappa shape index (κ1) is 9.52. The third-order valence-corrected chi connectivity index (χ3v) is 3.05. The number of anilines is 1. The maximum absolute atomic E-state index is 5.70. The van der Waals surface area contributed by atoms with Crippen molar-refractivity contribution in [2.45, 2.75) is 32.4 Å². The molecular weight excluding hydrogens is 176 g/mol. The minimum atomic E-state index is 0.633. The van der Waals surface area contributed by atoms with Gasteiger partial charge in [0.2, 0.25) is 0 Å². The average molecular weight is 194 g/mol. The highest BCUT2D eigenvalue weighted by Gasteiger charge is 2.21. The molecule has 1 unspecified atom stereocenters. The van der Waals surface area contributed by atoms with Crippen LogP contribution in [-0.4, -0.2) is 34.3 Å². The van der Waals surface area contributed by atoms with Gasteiger partial charge < -0.3 is 10.6 Å². The first-order valence-electron chi connectivity index (χ1n) is 5.16. The summed E-state index contributed by atoms with van der Waals surface area (Å²) in [5.41, 5.74) is 6.78. The minimum Gasteiger partial charge on any atom is -0.382 e. The zero-order chi connectivity index (χ0) is 10.1. The molecule has 0 amide bonds. The monoisotopic (exact) mass is 194 g/mol. The van der Waals surface area contributed by atoms with Crippen molar-refractivity contribution in [3.05, 3.63) is 11.8 Å². The van der Waals surface area contributed by atoms with E-state index >= 15 is 0 Å². The van der Waals surface area contributed by atoms with Gasteiger partial charge in [-0.2, -0.15) is 5.10 Å². The molecule has 0 bridgehead atoms. The molecule has 0 radical (unpaired) electrons. The van der Waals surface area contributed by atoms with E-state index in [4.69, 9.17) is 5.73 Å². The van der Waals surface area contributed by atoms with E-state index in [1.54, 1.807) is 0 Å². The van der Waals surface area contributed by atoms with Gasteiger partial charge in [-0.05, 0) is 33.4 Å². The lowest BCUT2D eigenvalue weighted by Crippen LogP contribution is -2.29. The molecule has 78 valence electrons. The Kier molecular flexibility index (Phi) is 2.46. The third kappa shape index (κ3) is 1.75.